The summed E-state index contributed by atoms with van der Waals surface area (Å²) in [5.74, 6) is 2.94. The van der Waals surface area contributed by atoms with Gasteiger partial charge in [-0.05, 0) is 124 Å². The van der Waals surface area contributed by atoms with E-state index in [9.17, 15) is 0 Å². The largest absolute Gasteiger partial charge is 0.318 e. The number of aliphatic imine (C=N–C) groups is 1. The third kappa shape index (κ3) is 3.44. The number of aryl methyl sites for hydroxylation is 1. The molecular formula is C29H31ClN2. The standard InChI is InChI=1S/C29H31ClN2/c1-19-11-24(20(2)32(19)28-9-5-26(30)6-10-28)18-31-27-7-3-25(4-8-27)29-15-21-12-22(16-29)14-23(13-21)17-29/h3-11,18,21-23H,12-17H2,1-2H3. The van der Waals surface area contributed by atoms with Gasteiger partial charge in [-0.15, -0.1) is 0 Å². The lowest BCUT2D eigenvalue weighted by atomic mass is 9.48. The summed E-state index contributed by atoms with van der Waals surface area (Å²) < 4.78 is 2.26. The molecule has 1 aromatic heterocycles. The first-order valence-corrected chi connectivity index (χ1v) is 12.5. The van der Waals surface area contributed by atoms with Gasteiger partial charge < -0.3 is 4.57 Å². The summed E-state index contributed by atoms with van der Waals surface area (Å²) in [6.07, 6.45) is 10.7. The van der Waals surface area contributed by atoms with Crippen LogP contribution in [0.5, 0.6) is 0 Å². The van der Waals surface area contributed by atoms with Crippen LogP contribution in [0, 0.1) is 31.6 Å². The minimum atomic E-state index is 0.459. The van der Waals surface area contributed by atoms with E-state index in [0.29, 0.717) is 5.41 Å². The summed E-state index contributed by atoms with van der Waals surface area (Å²) >= 11 is 6.07. The van der Waals surface area contributed by atoms with E-state index in [2.05, 4.69) is 60.9 Å². The second-order valence-electron chi connectivity index (χ2n) is 10.6. The van der Waals surface area contributed by atoms with Crippen molar-refractivity contribution < 1.29 is 0 Å². The van der Waals surface area contributed by atoms with Crippen LogP contribution in [0.2, 0.25) is 5.02 Å². The van der Waals surface area contributed by atoms with Crippen molar-refractivity contribution in [1.29, 1.82) is 0 Å². The van der Waals surface area contributed by atoms with Gasteiger partial charge in [-0.3, -0.25) is 4.99 Å². The number of benzene rings is 2. The van der Waals surface area contributed by atoms with Crippen LogP contribution in [0.15, 0.2) is 59.6 Å². The molecule has 0 saturated heterocycles. The van der Waals surface area contributed by atoms with Crippen molar-refractivity contribution in [2.24, 2.45) is 22.7 Å². The zero-order valence-electron chi connectivity index (χ0n) is 19.0. The molecular weight excluding hydrogens is 412 g/mol. The lowest BCUT2D eigenvalue weighted by Gasteiger charge is -2.57. The van der Waals surface area contributed by atoms with Gasteiger partial charge in [0.2, 0.25) is 0 Å². The van der Waals surface area contributed by atoms with E-state index < -0.39 is 0 Å². The summed E-state index contributed by atoms with van der Waals surface area (Å²) in [5, 5.41) is 0.759. The highest BCUT2D eigenvalue weighted by molar-refractivity contribution is 6.30. The number of nitrogens with zero attached hydrogens (tertiary/aromatic N) is 2. The maximum atomic E-state index is 6.07. The third-order valence-electron chi connectivity index (χ3n) is 8.43. The summed E-state index contributed by atoms with van der Waals surface area (Å²) in [6.45, 7) is 4.29. The SMILES string of the molecule is Cc1cc(C=Nc2ccc(C34CC5CC(CC(C5)C3)C4)cc2)c(C)n1-c1ccc(Cl)cc1. The van der Waals surface area contributed by atoms with Crippen LogP contribution in [0.25, 0.3) is 5.69 Å². The Labute approximate surface area is 196 Å². The van der Waals surface area contributed by atoms with Gasteiger partial charge in [0.1, 0.15) is 0 Å². The molecule has 1 heterocycles. The molecule has 0 radical (unpaired) electrons. The van der Waals surface area contributed by atoms with Crippen molar-refractivity contribution in [3.63, 3.8) is 0 Å². The normalized spacial score (nSPS) is 28.7. The number of hydrogen-bond donors (Lipinski definition) is 0. The maximum Gasteiger partial charge on any atom is 0.0630 e. The maximum absolute atomic E-state index is 6.07. The molecule has 4 saturated carbocycles. The molecule has 32 heavy (non-hydrogen) atoms. The number of hydrogen-bond acceptors (Lipinski definition) is 1. The highest BCUT2D eigenvalue weighted by atomic mass is 35.5. The Morgan fingerprint density at radius 2 is 1.47 bits per heavy atom. The monoisotopic (exact) mass is 442 g/mol. The van der Waals surface area contributed by atoms with Crippen LogP contribution < -0.4 is 0 Å². The Morgan fingerprint density at radius 1 is 0.875 bits per heavy atom. The molecule has 0 N–H and O–H groups in total. The smallest absolute Gasteiger partial charge is 0.0630 e. The summed E-state index contributed by atoms with van der Waals surface area (Å²) in [6, 6.07) is 19.4. The molecule has 0 spiro atoms. The van der Waals surface area contributed by atoms with E-state index in [0.717, 1.165) is 39.7 Å². The fourth-order valence-corrected chi connectivity index (χ4v) is 7.54. The van der Waals surface area contributed by atoms with Gasteiger partial charge in [-0.1, -0.05) is 23.7 Å². The Morgan fingerprint density at radius 3 is 2.06 bits per heavy atom. The molecule has 4 fully saturated rings. The quantitative estimate of drug-likeness (QED) is 0.364. The van der Waals surface area contributed by atoms with Gasteiger partial charge in [-0.25, -0.2) is 0 Å². The molecule has 3 aromatic rings. The van der Waals surface area contributed by atoms with Gasteiger partial charge in [0.25, 0.3) is 0 Å². The molecule has 164 valence electrons. The Kier molecular flexibility index (Phi) is 4.84. The van der Waals surface area contributed by atoms with E-state index in [4.69, 9.17) is 16.6 Å². The molecule has 0 unspecified atom stereocenters. The van der Waals surface area contributed by atoms with Gasteiger partial charge in [-0.2, -0.15) is 0 Å². The Balaban J connectivity index is 1.23. The van der Waals surface area contributed by atoms with Crippen molar-refractivity contribution in [3.8, 4) is 5.69 Å². The highest BCUT2D eigenvalue weighted by Crippen LogP contribution is 2.60. The zero-order chi connectivity index (χ0) is 21.9. The highest BCUT2D eigenvalue weighted by Gasteiger charge is 2.51. The molecule has 2 aromatic carbocycles. The van der Waals surface area contributed by atoms with Crippen LogP contribution in [-0.2, 0) is 5.41 Å². The van der Waals surface area contributed by atoms with Gasteiger partial charge in [0.05, 0.1) is 5.69 Å². The van der Waals surface area contributed by atoms with Crippen molar-refractivity contribution >= 4 is 23.5 Å². The van der Waals surface area contributed by atoms with Crippen molar-refractivity contribution in [2.45, 2.75) is 57.8 Å². The van der Waals surface area contributed by atoms with E-state index in [1.165, 1.54) is 49.9 Å². The average molecular weight is 443 g/mol. The predicted molar refractivity (Wildman–Crippen MR) is 134 cm³/mol. The molecule has 2 nitrogen and oxygen atoms in total. The second kappa shape index (κ2) is 7.63. The van der Waals surface area contributed by atoms with Crippen LogP contribution in [-0.4, -0.2) is 10.8 Å². The van der Waals surface area contributed by atoms with Gasteiger partial charge >= 0.3 is 0 Å². The van der Waals surface area contributed by atoms with E-state index in [1.807, 2.05) is 18.3 Å². The van der Waals surface area contributed by atoms with Crippen molar-refractivity contribution in [2.75, 3.05) is 0 Å². The minimum Gasteiger partial charge on any atom is -0.318 e. The first-order chi connectivity index (χ1) is 15.5. The van der Waals surface area contributed by atoms with Crippen LogP contribution in [0.3, 0.4) is 0 Å². The van der Waals surface area contributed by atoms with Crippen LogP contribution >= 0.6 is 11.6 Å². The van der Waals surface area contributed by atoms with Crippen molar-refractivity contribution in [3.05, 3.63) is 82.1 Å². The molecule has 0 amide bonds. The van der Waals surface area contributed by atoms with Gasteiger partial charge in [0.15, 0.2) is 0 Å². The number of rotatable bonds is 4. The Bertz CT molecular complexity index is 1130. The van der Waals surface area contributed by atoms with E-state index in [-0.39, 0.29) is 0 Å². The predicted octanol–water partition coefficient (Wildman–Crippen LogP) is 7.97. The van der Waals surface area contributed by atoms with E-state index >= 15 is 0 Å². The fourth-order valence-electron chi connectivity index (χ4n) is 7.42. The fraction of sp³-hybridized carbons (Fsp3) is 0.414. The van der Waals surface area contributed by atoms with Crippen molar-refractivity contribution in [1.82, 2.24) is 4.57 Å². The zero-order valence-corrected chi connectivity index (χ0v) is 19.8. The van der Waals surface area contributed by atoms with Crippen LogP contribution in [0.4, 0.5) is 5.69 Å². The minimum absolute atomic E-state index is 0.459. The first-order valence-electron chi connectivity index (χ1n) is 12.1. The third-order valence-corrected chi connectivity index (χ3v) is 8.68. The second-order valence-corrected chi connectivity index (χ2v) is 11.1. The molecule has 4 aliphatic rings. The van der Waals surface area contributed by atoms with Gasteiger partial charge in [0, 0.05) is 33.9 Å². The summed E-state index contributed by atoms with van der Waals surface area (Å²) in [5.41, 5.74) is 7.74. The molecule has 3 heteroatoms. The topological polar surface area (TPSA) is 17.3 Å². The number of halogens is 1. The van der Waals surface area contributed by atoms with E-state index in [1.54, 1.807) is 5.56 Å². The average Bonchev–Trinajstić information content (AvgIpc) is 3.05. The molecule has 4 aliphatic carbocycles. The number of aromatic nitrogens is 1. The lowest BCUT2D eigenvalue weighted by molar-refractivity contribution is -0.00518. The summed E-state index contributed by atoms with van der Waals surface area (Å²) in [4.78, 5) is 4.83. The molecule has 7 rings (SSSR count). The lowest BCUT2D eigenvalue weighted by Crippen LogP contribution is -2.48. The molecule has 4 bridgehead atoms. The first kappa shape index (κ1) is 20.3. The van der Waals surface area contributed by atoms with Crippen LogP contribution in [0.1, 0.15) is 61.0 Å². The Hall–Kier alpha value is -2.32. The molecule has 0 atom stereocenters. The molecule has 0 aliphatic heterocycles. The summed E-state index contributed by atoms with van der Waals surface area (Å²) in [7, 11) is 0.